The molecule has 0 saturated carbocycles. The van der Waals surface area contributed by atoms with Gasteiger partial charge in [0.1, 0.15) is 0 Å². The Bertz CT molecular complexity index is 3400. The zero-order chi connectivity index (χ0) is 53.5. The molecule has 6 aromatic carbocycles. The van der Waals surface area contributed by atoms with Crippen molar-refractivity contribution in [3.8, 4) is 51.6 Å². The van der Waals surface area contributed by atoms with Crippen LogP contribution in [0, 0.1) is 57.2 Å². The Morgan fingerprint density at radius 1 is 0.329 bits per heavy atom. The van der Waals surface area contributed by atoms with Crippen LogP contribution < -0.4 is 0 Å². The third kappa shape index (κ3) is 6.14. The van der Waals surface area contributed by atoms with Gasteiger partial charge < -0.3 is 0 Å². The van der Waals surface area contributed by atoms with Crippen LogP contribution in [0.1, 0.15) is 227 Å². The molecule has 73 heavy (non-hydrogen) atoms. The molecular weight excluding hydrogens is 883 g/mol. The third-order valence-corrected chi connectivity index (χ3v) is 23.5. The van der Waals surface area contributed by atoms with Crippen LogP contribution in [0.25, 0.3) is 33.4 Å². The molecule has 0 bridgehead atoms. The first-order chi connectivity index (χ1) is 33.7. The number of hydrogen-bond donors (Lipinski definition) is 0. The maximum Gasteiger partial charge on any atom is 0.0998 e. The van der Waals surface area contributed by atoms with Crippen molar-refractivity contribution in [1.82, 2.24) is 0 Å². The van der Waals surface area contributed by atoms with Crippen LogP contribution in [0.5, 0.6) is 0 Å². The van der Waals surface area contributed by atoms with E-state index in [9.17, 15) is 15.8 Å². The number of rotatable bonds is 4. The molecule has 0 radical (unpaired) electrons. The van der Waals surface area contributed by atoms with Crippen molar-refractivity contribution in [2.75, 3.05) is 0 Å². The normalized spacial score (nSPS) is 22.6. The minimum Gasteiger partial charge on any atom is -0.192 e. The van der Waals surface area contributed by atoms with Gasteiger partial charge in [-0.1, -0.05) is 186 Å². The van der Waals surface area contributed by atoms with E-state index < -0.39 is 0 Å². The van der Waals surface area contributed by atoms with Gasteiger partial charge in [-0.25, -0.2) is 0 Å². The summed E-state index contributed by atoms with van der Waals surface area (Å²) in [5.41, 5.74) is 22.1. The Balaban J connectivity index is 1.25. The number of hydrogen-bond acceptors (Lipinski definition) is 3. The van der Waals surface area contributed by atoms with Crippen LogP contribution >= 0.6 is 0 Å². The summed E-state index contributed by atoms with van der Waals surface area (Å²) in [4.78, 5) is 0. The molecule has 10 rings (SSSR count). The second-order valence-corrected chi connectivity index (χ2v) is 27.7. The number of fused-ring (bicyclic) bond motifs is 5. The molecule has 3 nitrogen and oxygen atoms in total. The summed E-state index contributed by atoms with van der Waals surface area (Å²) in [6, 6.07) is 42.1. The molecule has 372 valence electrons. The van der Waals surface area contributed by atoms with Gasteiger partial charge in [0.05, 0.1) is 34.9 Å². The Morgan fingerprint density at radius 2 is 0.603 bits per heavy atom. The van der Waals surface area contributed by atoms with Gasteiger partial charge in [-0.15, -0.1) is 0 Å². The van der Waals surface area contributed by atoms with Crippen LogP contribution in [0.15, 0.2) is 91.0 Å². The highest BCUT2D eigenvalue weighted by Gasteiger charge is 2.59. The molecule has 0 N–H and O–H groups in total. The molecule has 0 unspecified atom stereocenters. The van der Waals surface area contributed by atoms with E-state index in [1.807, 2.05) is 0 Å². The minimum atomic E-state index is -0.276. The molecule has 0 aromatic heterocycles. The first-order valence-corrected chi connectivity index (χ1v) is 26.9. The molecule has 3 heteroatoms. The molecule has 0 heterocycles. The first-order valence-electron chi connectivity index (χ1n) is 26.9. The van der Waals surface area contributed by atoms with Crippen molar-refractivity contribution in [1.29, 1.82) is 15.8 Å². The van der Waals surface area contributed by atoms with Crippen molar-refractivity contribution in [3.05, 3.63) is 174 Å². The molecule has 0 fully saturated rings. The van der Waals surface area contributed by atoms with Gasteiger partial charge in [0.15, 0.2) is 0 Å². The summed E-state index contributed by atoms with van der Waals surface area (Å²) in [5.74, 6) is -0.379. The highest BCUT2D eigenvalue weighted by Crippen LogP contribution is 2.65. The number of benzene rings is 6. The molecule has 6 aromatic rings. The maximum absolute atomic E-state index is 11.1. The summed E-state index contributed by atoms with van der Waals surface area (Å²) in [6.45, 7) is 47.3. The fourth-order valence-electron chi connectivity index (χ4n) is 14.9. The van der Waals surface area contributed by atoms with E-state index in [-0.39, 0.29) is 60.6 Å². The van der Waals surface area contributed by atoms with Crippen LogP contribution in [-0.2, 0) is 32.5 Å². The summed E-state index contributed by atoms with van der Waals surface area (Å²) < 4.78 is 0. The van der Waals surface area contributed by atoms with Crippen molar-refractivity contribution < 1.29 is 0 Å². The van der Waals surface area contributed by atoms with Gasteiger partial charge in [0.25, 0.3) is 0 Å². The lowest BCUT2D eigenvalue weighted by atomic mass is 9.59. The van der Waals surface area contributed by atoms with Crippen LogP contribution in [0.2, 0.25) is 0 Å². The second kappa shape index (κ2) is 15.2. The van der Waals surface area contributed by atoms with E-state index in [1.165, 1.54) is 33.4 Å². The average Bonchev–Trinajstić information content (AvgIpc) is 3.58. The molecule has 0 atom stereocenters. The summed E-state index contributed by atoms with van der Waals surface area (Å²) >= 11 is 0. The van der Waals surface area contributed by atoms with Gasteiger partial charge in [-0.05, 0) is 192 Å². The smallest absolute Gasteiger partial charge is 0.0998 e. The van der Waals surface area contributed by atoms with Crippen molar-refractivity contribution in [2.24, 2.45) is 16.2 Å². The van der Waals surface area contributed by atoms with Gasteiger partial charge in [0.2, 0.25) is 0 Å². The number of nitriles is 3. The van der Waals surface area contributed by atoms with Gasteiger partial charge >= 0.3 is 0 Å². The SMILES string of the molecule is Cc1cc(C#N)c(-c2ccc3c(c2)C(C)(C)C(C)(C)C3(C)C)cc1C1c2cc(-c3ccc4c(c3)C(C)(C)C(C)(C)C4(C)C)c(C#N)cc2C(C)c2cc(C#N)c(-c3ccc4c(c3)C(C)(C)C(C)(C)C4(C)C)cc21. The molecule has 0 saturated heterocycles. The Hall–Kier alpha value is -6.21. The molecule has 4 aliphatic rings. The predicted octanol–water partition coefficient (Wildman–Crippen LogP) is 18.0. The van der Waals surface area contributed by atoms with Gasteiger partial charge in [-0.2, -0.15) is 15.8 Å². The lowest BCUT2D eigenvalue weighted by molar-refractivity contribution is 0.125. The predicted molar refractivity (Wildman–Crippen MR) is 302 cm³/mol. The molecule has 4 aliphatic carbocycles. The molecule has 0 amide bonds. The lowest BCUT2D eigenvalue weighted by Gasteiger charge is -2.44. The number of nitrogens with zero attached hydrogens (tertiary/aromatic N) is 3. The Labute approximate surface area is 438 Å². The highest BCUT2D eigenvalue weighted by atomic mass is 14.6. The van der Waals surface area contributed by atoms with Gasteiger partial charge in [-0.3, -0.25) is 0 Å². The fraction of sp³-hybridized carbons (Fsp3) is 0.443. The van der Waals surface area contributed by atoms with Crippen LogP contribution in [0.3, 0.4) is 0 Å². The van der Waals surface area contributed by atoms with E-state index >= 15 is 0 Å². The first kappa shape index (κ1) is 50.3. The summed E-state index contributed by atoms with van der Waals surface area (Å²) in [6.07, 6.45) is 0. The quantitative estimate of drug-likeness (QED) is 0.177. The van der Waals surface area contributed by atoms with Crippen molar-refractivity contribution in [2.45, 2.75) is 183 Å². The van der Waals surface area contributed by atoms with E-state index in [0.29, 0.717) is 16.7 Å². The second-order valence-electron chi connectivity index (χ2n) is 27.7. The standard InChI is InChI=1S/C70H77N3/c1-39-27-44(36-71)50(41-21-24-55-58(30-41)65(9,10)68(15,16)62(55,3)4)33-47(39)61-53-34-51(42-22-25-56-59(31-42)66(11,12)69(17,18)63(56,5)6)45(37-72)28-48(53)40(2)49-29-46(38-73)52(35-54(49)61)43-23-26-57-60(32-43)67(13,14)70(19,20)64(57,7)8/h21-35,40,61H,1-20H3. The Morgan fingerprint density at radius 3 is 0.904 bits per heavy atom. The zero-order valence-electron chi connectivity index (χ0n) is 47.7. The van der Waals surface area contributed by atoms with E-state index in [1.54, 1.807) is 0 Å². The molecular formula is C70H77N3. The highest BCUT2D eigenvalue weighted by molar-refractivity contribution is 5.81. The fourth-order valence-corrected chi connectivity index (χ4v) is 14.9. The third-order valence-electron chi connectivity index (χ3n) is 23.5. The van der Waals surface area contributed by atoms with Gasteiger partial charge in [0, 0.05) is 11.8 Å². The summed E-state index contributed by atoms with van der Waals surface area (Å²) in [5, 5.41) is 33.2. The maximum atomic E-state index is 11.1. The van der Waals surface area contributed by atoms with E-state index in [0.717, 1.165) is 66.8 Å². The minimum absolute atomic E-state index is 0.00803. The monoisotopic (exact) mass is 960 g/mol. The number of aryl methyl sites for hydroxylation is 1. The van der Waals surface area contributed by atoms with Crippen LogP contribution in [0.4, 0.5) is 0 Å². The van der Waals surface area contributed by atoms with E-state index in [2.05, 4.69) is 248 Å². The van der Waals surface area contributed by atoms with Crippen molar-refractivity contribution in [3.63, 3.8) is 0 Å². The summed E-state index contributed by atoms with van der Waals surface area (Å²) in [7, 11) is 0. The average molecular weight is 960 g/mol. The van der Waals surface area contributed by atoms with Crippen LogP contribution in [-0.4, -0.2) is 0 Å². The molecule has 0 spiro atoms. The van der Waals surface area contributed by atoms with E-state index in [4.69, 9.17) is 0 Å². The largest absolute Gasteiger partial charge is 0.192 e. The molecule has 0 aliphatic heterocycles. The zero-order valence-corrected chi connectivity index (χ0v) is 47.7. The Kier molecular flexibility index (Phi) is 10.5. The topological polar surface area (TPSA) is 71.4 Å². The van der Waals surface area contributed by atoms with Crippen molar-refractivity contribution >= 4 is 0 Å². The lowest BCUT2D eigenvalue weighted by Crippen LogP contribution is -2.42.